The molecule has 19 heavy (non-hydrogen) atoms. The molecule has 0 bridgehead atoms. The molecule has 0 nitrogen and oxygen atoms in total. The highest BCUT2D eigenvalue weighted by molar-refractivity contribution is 8.00. The van der Waals surface area contributed by atoms with E-state index in [2.05, 4.69) is 70.1 Å². The summed E-state index contributed by atoms with van der Waals surface area (Å²) in [6, 6.07) is 6.78. The van der Waals surface area contributed by atoms with Gasteiger partial charge in [-0.1, -0.05) is 46.3 Å². The van der Waals surface area contributed by atoms with Crippen LogP contribution in [0.1, 0.15) is 38.3 Å². The Morgan fingerprint density at radius 3 is 2.58 bits per heavy atom. The van der Waals surface area contributed by atoms with Crippen molar-refractivity contribution in [1.29, 1.82) is 0 Å². The summed E-state index contributed by atoms with van der Waals surface area (Å²) in [5.41, 5.74) is 6.41. The number of benzene rings is 1. The SMILES string of the molecule is CC1CC(C)(C)c2cc(C#C[Si](C)(C)C)ccc2S1. The molecule has 1 aliphatic heterocycles. The number of hydrogen-bond acceptors (Lipinski definition) is 1. The summed E-state index contributed by atoms with van der Waals surface area (Å²) in [6.45, 7) is 13.9. The van der Waals surface area contributed by atoms with Crippen molar-refractivity contribution in [1.82, 2.24) is 0 Å². The summed E-state index contributed by atoms with van der Waals surface area (Å²) < 4.78 is 0. The minimum absolute atomic E-state index is 0.275. The minimum Gasteiger partial charge on any atom is -0.127 e. The predicted molar refractivity (Wildman–Crippen MR) is 89.6 cm³/mol. The van der Waals surface area contributed by atoms with E-state index in [0.29, 0.717) is 5.25 Å². The first-order valence-electron chi connectivity index (χ1n) is 7.02. The molecule has 1 atom stereocenters. The van der Waals surface area contributed by atoms with E-state index in [1.807, 2.05) is 11.8 Å². The Labute approximate surface area is 123 Å². The summed E-state index contributed by atoms with van der Waals surface area (Å²) in [5.74, 6) is 3.39. The Morgan fingerprint density at radius 1 is 1.26 bits per heavy atom. The molecule has 2 heteroatoms. The van der Waals surface area contributed by atoms with Crippen molar-refractivity contribution in [3.05, 3.63) is 29.3 Å². The lowest BCUT2D eigenvalue weighted by Crippen LogP contribution is -2.26. The summed E-state index contributed by atoms with van der Waals surface area (Å²) in [4.78, 5) is 1.45. The lowest BCUT2D eigenvalue weighted by atomic mass is 9.79. The first-order valence-corrected chi connectivity index (χ1v) is 11.4. The van der Waals surface area contributed by atoms with E-state index in [1.165, 1.54) is 22.4 Å². The van der Waals surface area contributed by atoms with E-state index in [0.717, 1.165) is 0 Å². The first-order chi connectivity index (χ1) is 8.67. The van der Waals surface area contributed by atoms with Gasteiger partial charge in [0.05, 0.1) is 0 Å². The van der Waals surface area contributed by atoms with Crippen LogP contribution < -0.4 is 0 Å². The van der Waals surface area contributed by atoms with Crippen molar-refractivity contribution in [3.63, 3.8) is 0 Å². The van der Waals surface area contributed by atoms with Crippen LogP contribution in [0.4, 0.5) is 0 Å². The van der Waals surface area contributed by atoms with Crippen LogP contribution in [-0.4, -0.2) is 13.3 Å². The predicted octanol–water partition coefficient (Wildman–Crippen LogP) is 5.08. The summed E-state index contributed by atoms with van der Waals surface area (Å²) in [7, 11) is -1.29. The highest BCUT2D eigenvalue weighted by atomic mass is 32.2. The maximum Gasteiger partial charge on any atom is 0.129 e. The van der Waals surface area contributed by atoms with E-state index in [4.69, 9.17) is 0 Å². The van der Waals surface area contributed by atoms with E-state index in [-0.39, 0.29) is 5.41 Å². The minimum atomic E-state index is -1.29. The van der Waals surface area contributed by atoms with Crippen LogP contribution in [0.2, 0.25) is 19.6 Å². The van der Waals surface area contributed by atoms with E-state index in [9.17, 15) is 0 Å². The maximum atomic E-state index is 3.46. The van der Waals surface area contributed by atoms with Crippen molar-refractivity contribution in [2.75, 3.05) is 0 Å². The lowest BCUT2D eigenvalue weighted by molar-refractivity contribution is 0.462. The molecule has 1 aliphatic rings. The quantitative estimate of drug-likeness (QED) is 0.474. The van der Waals surface area contributed by atoms with Crippen molar-refractivity contribution in [2.24, 2.45) is 0 Å². The standard InChI is InChI=1S/C17H24SSi/c1-13-12-17(2,3)15-11-14(7-8-16(15)18-13)9-10-19(4,5)6/h7-8,11,13H,12H2,1-6H3. The molecule has 0 saturated carbocycles. The fraction of sp³-hybridized carbons (Fsp3) is 0.529. The Balaban J connectivity index is 2.41. The molecule has 0 aliphatic carbocycles. The number of hydrogen-bond donors (Lipinski definition) is 0. The zero-order valence-corrected chi connectivity index (χ0v) is 14.7. The third-order valence-corrected chi connectivity index (χ3v) is 5.47. The number of thioether (sulfide) groups is 1. The molecule has 1 unspecified atom stereocenters. The number of fused-ring (bicyclic) bond motifs is 1. The van der Waals surface area contributed by atoms with Crippen LogP contribution in [0.3, 0.4) is 0 Å². The largest absolute Gasteiger partial charge is 0.129 e. The van der Waals surface area contributed by atoms with Crippen molar-refractivity contribution in [3.8, 4) is 11.5 Å². The van der Waals surface area contributed by atoms with Gasteiger partial charge in [0.15, 0.2) is 0 Å². The van der Waals surface area contributed by atoms with Gasteiger partial charge in [-0.05, 0) is 35.6 Å². The zero-order valence-electron chi connectivity index (χ0n) is 12.9. The maximum absolute atomic E-state index is 3.46. The molecule has 1 heterocycles. The average molecular weight is 289 g/mol. The molecule has 0 radical (unpaired) electrons. The van der Waals surface area contributed by atoms with Gasteiger partial charge >= 0.3 is 0 Å². The summed E-state index contributed by atoms with van der Waals surface area (Å²) >= 11 is 2.01. The molecular weight excluding hydrogens is 264 g/mol. The van der Waals surface area contributed by atoms with Crippen LogP contribution >= 0.6 is 11.8 Å². The second-order valence-corrected chi connectivity index (χ2v) is 13.5. The van der Waals surface area contributed by atoms with Gasteiger partial charge in [0, 0.05) is 15.7 Å². The van der Waals surface area contributed by atoms with Crippen LogP contribution in [0, 0.1) is 11.5 Å². The van der Waals surface area contributed by atoms with Crippen LogP contribution in [0.25, 0.3) is 0 Å². The van der Waals surface area contributed by atoms with Crippen molar-refractivity contribution < 1.29 is 0 Å². The molecule has 0 N–H and O–H groups in total. The normalized spacial score (nSPS) is 21.3. The van der Waals surface area contributed by atoms with Gasteiger partial charge in [0.2, 0.25) is 0 Å². The van der Waals surface area contributed by atoms with Gasteiger partial charge in [-0.2, -0.15) is 0 Å². The smallest absolute Gasteiger partial charge is 0.127 e. The van der Waals surface area contributed by atoms with Gasteiger partial charge in [-0.3, -0.25) is 0 Å². The monoisotopic (exact) mass is 288 g/mol. The average Bonchev–Trinajstić information content (AvgIpc) is 2.24. The molecule has 1 aromatic rings. The third kappa shape index (κ3) is 3.67. The summed E-state index contributed by atoms with van der Waals surface area (Å²) in [6.07, 6.45) is 1.25. The fourth-order valence-corrected chi connectivity index (χ4v) is 4.65. The van der Waals surface area contributed by atoms with Gasteiger partial charge in [-0.15, -0.1) is 17.3 Å². The van der Waals surface area contributed by atoms with Crippen LogP contribution in [-0.2, 0) is 5.41 Å². The lowest BCUT2D eigenvalue weighted by Gasteiger charge is -2.35. The molecule has 0 saturated heterocycles. The fourth-order valence-electron chi connectivity index (χ4n) is 2.59. The van der Waals surface area contributed by atoms with Gasteiger partial charge in [0.25, 0.3) is 0 Å². The third-order valence-electron chi connectivity index (χ3n) is 3.42. The highest BCUT2D eigenvalue weighted by Crippen LogP contribution is 2.45. The van der Waals surface area contributed by atoms with Crippen molar-refractivity contribution >= 4 is 19.8 Å². The van der Waals surface area contributed by atoms with Crippen LogP contribution in [0.15, 0.2) is 23.1 Å². The molecule has 1 aromatic carbocycles. The van der Waals surface area contributed by atoms with E-state index >= 15 is 0 Å². The van der Waals surface area contributed by atoms with E-state index < -0.39 is 8.07 Å². The molecule has 0 fully saturated rings. The van der Waals surface area contributed by atoms with Gasteiger partial charge < -0.3 is 0 Å². The highest BCUT2D eigenvalue weighted by Gasteiger charge is 2.31. The van der Waals surface area contributed by atoms with Gasteiger partial charge in [0.1, 0.15) is 8.07 Å². The zero-order chi connectivity index (χ0) is 14.3. The van der Waals surface area contributed by atoms with Crippen molar-refractivity contribution in [2.45, 2.75) is 62.4 Å². The molecule has 2 rings (SSSR count). The summed E-state index contributed by atoms with van der Waals surface area (Å²) in [5, 5.41) is 0.710. The molecule has 102 valence electrons. The second-order valence-electron chi connectivity index (χ2n) is 7.23. The topological polar surface area (TPSA) is 0 Å². The Morgan fingerprint density at radius 2 is 1.95 bits per heavy atom. The second kappa shape index (κ2) is 5.03. The Kier molecular flexibility index (Phi) is 3.91. The molecule has 0 aromatic heterocycles. The molecule has 0 amide bonds. The first kappa shape index (κ1) is 14.7. The Hall–Kier alpha value is -0.653. The van der Waals surface area contributed by atoms with E-state index in [1.54, 1.807) is 0 Å². The molecular formula is C17H24SSi. The molecule has 0 spiro atoms. The Bertz CT molecular complexity index is 541. The van der Waals surface area contributed by atoms with Crippen LogP contribution in [0.5, 0.6) is 0 Å². The van der Waals surface area contributed by atoms with Gasteiger partial charge in [-0.25, -0.2) is 0 Å². The number of rotatable bonds is 0.